The summed E-state index contributed by atoms with van der Waals surface area (Å²) >= 11 is 0. The normalized spacial score (nSPS) is 11.6. The predicted octanol–water partition coefficient (Wildman–Crippen LogP) is -0.933. The lowest BCUT2D eigenvalue weighted by Crippen LogP contribution is -2.30. The lowest BCUT2D eigenvalue weighted by atomic mass is 10.4. The predicted molar refractivity (Wildman–Crippen MR) is 70.9 cm³/mol. The van der Waals surface area contributed by atoms with Crippen molar-refractivity contribution in [2.24, 2.45) is 7.05 Å². The van der Waals surface area contributed by atoms with E-state index in [1.54, 1.807) is 28.1 Å². The molecule has 1 amide bonds. The molecule has 8 nitrogen and oxygen atoms in total. The van der Waals surface area contributed by atoms with Crippen LogP contribution in [0.25, 0.3) is 0 Å². The van der Waals surface area contributed by atoms with Gasteiger partial charge in [-0.2, -0.15) is 5.10 Å². The molecule has 0 aliphatic carbocycles. The minimum Gasteiger partial charge on any atom is -0.381 e. The minimum atomic E-state index is -3.75. The lowest BCUT2D eigenvalue weighted by Gasteiger charge is -2.11. The zero-order chi connectivity index (χ0) is 14.8. The number of aryl methyl sites for hydroxylation is 1. The molecule has 0 spiro atoms. The van der Waals surface area contributed by atoms with Crippen molar-refractivity contribution in [3.63, 3.8) is 0 Å². The molecule has 1 aromatic rings. The van der Waals surface area contributed by atoms with E-state index in [1.807, 2.05) is 0 Å². The van der Waals surface area contributed by atoms with E-state index in [1.165, 1.54) is 9.58 Å². The summed E-state index contributed by atoms with van der Waals surface area (Å²) in [7, 11) is 1.08. The van der Waals surface area contributed by atoms with Crippen LogP contribution in [0.15, 0.2) is 4.90 Å². The second-order valence-electron chi connectivity index (χ2n) is 4.36. The highest BCUT2D eigenvalue weighted by Crippen LogP contribution is 2.20. The maximum Gasteiger partial charge on any atom is 0.246 e. The van der Waals surface area contributed by atoms with Crippen molar-refractivity contribution in [2.75, 3.05) is 26.4 Å². The van der Waals surface area contributed by atoms with E-state index in [2.05, 4.69) is 9.82 Å². The summed E-state index contributed by atoms with van der Waals surface area (Å²) in [6.07, 6.45) is 0.0887. The average Bonchev–Trinajstić information content (AvgIpc) is 2.52. The molecule has 1 aromatic heterocycles. The smallest absolute Gasteiger partial charge is 0.246 e. The second kappa shape index (κ2) is 5.57. The number of sulfonamides is 1. The molecule has 0 bridgehead atoms. The first-order valence-corrected chi connectivity index (χ1v) is 7.14. The number of anilines is 1. The van der Waals surface area contributed by atoms with Gasteiger partial charge in [0.1, 0.15) is 4.90 Å². The van der Waals surface area contributed by atoms with E-state index in [-0.39, 0.29) is 29.6 Å². The molecule has 0 saturated carbocycles. The Hall–Kier alpha value is -1.61. The first kappa shape index (κ1) is 15.4. The molecule has 19 heavy (non-hydrogen) atoms. The molecule has 1 heterocycles. The summed E-state index contributed by atoms with van der Waals surface area (Å²) in [6.45, 7) is 1.63. The van der Waals surface area contributed by atoms with Gasteiger partial charge in [0.15, 0.2) is 5.82 Å². The Morgan fingerprint density at radius 2 is 2.05 bits per heavy atom. The van der Waals surface area contributed by atoms with Crippen LogP contribution in [0.5, 0.6) is 0 Å². The van der Waals surface area contributed by atoms with Crippen LogP contribution in [-0.4, -0.2) is 49.6 Å². The Labute approximate surface area is 112 Å². The molecule has 0 fully saturated rings. The van der Waals surface area contributed by atoms with Gasteiger partial charge < -0.3 is 10.6 Å². The second-order valence-corrected chi connectivity index (χ2v) is 6.06. The molecule has 0 radical (unpaired) electrons. The Bertz CT molecular complexity index is 576. The number of carbonyl (C=O) groups excluding carboxylic acids is 1. The lowest BCUT2D eigenvalue weighted by molar-refractivity contribution is -0.128. The van der Waals surface area contributed by atoms with Gasteiger partial charge in [0.25, 0.3) is 0 Å². The first-order chi connectivity index (χ1) is 8.66. The van der Waals surface area contributed by atoms with E-state index in [0.717, 1.165) is 0 Å². The number of carbonyl (C=O) groups is 1. The molecule has 9 heteroatoms. The van der Waals surface area contributed by atoms with Crippen LogP contribution in [0.4, 0.5) is 5.82 Å². The molecule has 0 aromatic carbocycles. The van der Waals surface area contributed by atoms with Gasteiger partial charge in [0, 0.05) is 34.1 Å². The van der Waals surface area contributed by atoms with Crippen LogP contribution >= 0.6 is 0 Å². The minimum absolute atomic E-state index is 0.0210. The first-order valence-electron chi connectivity index (χ1n) is 5.65. The summed E-state index contributed by atoms with van der Waals surface area (Å²) < 4.78 is 27.9. The number of nitrogens with two attached hydrogens (primary N) is 1. The van der Waals surface area contributed by atoms with Gasteiger partial charge >= 0.3 is 0 Å². The van der Waals surface area contributed by atoms with Crippen LogP contribution < -0.4 is 10.5 Å². The number of nitrogens with one attached hydrogen (secondary N) is 1. The van der Waals surface area contributed by atoms with Crippen LogP contribution in [0.3, 0.4) is 0 Å². The highest BCUT2D eigenvalue weighted by atomic mass is 32.2. The van der Waals surface area contributed by atoms with Gasteiger partial charge in [0.2, 0.25) is 15.9 Å². The topological polar surface area (TPSA) is 110 Å². The molecule has 0 unspecified atom stereocenters. The largest absolute Gasteiger partial charge is 0.381 e. The number of hydrogen-bond donors (Lipinski definition) is 2. The molecule has 0 atom stereocenters. The fourth-order valence-corrected chi connectivity index (χ4v) is 2.89. The fraction of sp³-hybridized carbons (Fsp3) is 0.600. The summed E-state index contributed by atoms with van der Waals surface area (Å²) in [5.74, 6) is -0.204. The van der Waals surface area contributed by atoms with Gasteiger partial charge in [-0.1, -0.05) is 0 Å². The van der Waals surface area contributed by atoms with Gasteiger partial charge in [0.05, 0.1) is 5.69 Å². The third kappa shape index (κ3) is 3.44. The SMILES string of the molecule is Cc1c(S(=O)(=O)NCCC(=O)N(C)C)c(N)nn1C. The zero-order valence-electron chi connectivity index (χ0n) is 11.5. The van der Waals surface area contributed by atoms with Crippen LogP contribution in [0.2, 0.25) is 0 Å². The molecular weight excluding hydrogens is 270 g/mol. The Balaban J connectivity index is 2.80. The molecule has 0 saturated heterocycles. The van der Waals surface area contributed by atoms with Crippen molar-refractivity contribution in [2.45, 2.75) is 18.2 Å². The summed E-state index contributed by atoms with van der Waals surface area (Å²) in [5, 5.41) is 3.85. The van der Waals surface area contributed by atoms with Gasteiger partial charge in [-0.3, -0.25) is 9.48 Å². The Morgan fingerprint density at radius 3 is 2.47 bits per heavy atom. The molecule has 108 valence electrons. The number of amides is 1. The monoisotopic (exact) mass is 289 g/mol. The van der Waals surface area contributed by atoms with Crippen LogP contribution in [-0.2, 0) is 21.9 Å². The number of aromatic nitrogens is 2. The zero-order valence-corrected chi connectivity index (χ0v) is 12.3. The van der Waals surface area contributed by atoms with Crippen molar-refractivity contribution in [1.82, 2.24) is 19.4 Å². The van der Waals surface area contributed by atoms with Crippen molar-refractivity contribution >= 4 is 21.7 Å². The average molecular weight is 289 g/mol. The van der Waals surface area contributed by atoms with Crippen molar-refractivity contribution in [3.8, 4) is 0 Å². The highest BCUT2D eigenvalue weighted by molar-refractivity contribution is 7.89. The van der Waals surface area contributed by atoms with Crippen molar-refractivity contribution in [3.05, 3.63) is 5.69 Å². The number of rotatable bonds is 5. The fourth-order valence-electron chi connectivity index (χ4n) is 1.53. The molecular formula is C10H19N5O3S. The molecule has 0 aliphatic heterocycles. The summed E-state index contributed by atoms with van der Waals surface area (Å²) in [4.78, 5) is 12.7. The number of hydrogen-bond acceptors (Lipinski definition) is 5. The molecule has 1 rings (SSSR count). The van der Waals surface area contributed by atoms with Gasteiger partial charge in [-0.15, -0.1) is 0 Å². The van der Waals surface area contributed by atoms with Crippen molar-refractivity contribution in [1.29, 1.82) is 0 Å². The van der Waals surface area contributed by atoms with E-state index < -0.39 is 10.0 Å². The van der Waals surface area contributed by atoms with Crippen LogP contribution in [0, 0.1) is 6.92 Å². The van der Waals surface area contributed by atoms with Crippen molar-refractivity contribution < 1.29 is 13.2 Å². The standard InChI is InChI=1S/C10H19N5O3S/c1-7-9(10(11)13-15(7)4)19(17,18)12-6-5-8(16)14(2)3/h12H,5-6H2,1-4H3,(H2,11,13). The molecule has 3 N–H and O–H groups in total. The van der Waals surface area contributed by atoms with Crippen LogP contribution in [0.1, 0.15) is 12.1 Å². The molecule has 0 aliphatic rings. The number of nitrogens with zero attached hydrogens (tertiary/aromatic N) is 3. The Morgan fingerprint density at radius 1 is 1.47 bits per heavy atom. The van der Waals surface area contributed by atoms with E-state index >= 15 is 0 Å². The maximum atomic E-state index is 12.1. The van der Waals surface area contributed by atoms with Gasteiger partial charge in [-0.05, 0) is 6.92 Å². The summed E-state index contributed by atoms with van der Waals surface area (Å²) in [5.41, 5.74) is 6.03. The number of nitrogen functional groups attached to an aromatic ring is 1. The third-order valence-electron chi connectivity index (χ3n) is 2.70. The highest BCUT2D eigenvalue weighted by Gasteiger charge is 2.24. The quantitative estimate of drug-likeness (QED) is 0.727. The Kier molecular flexibility index (Phi) is 4.53. The maximum absolute atomic E-state index is 12.1. The van der Waals surface area contributed by atoms with E-state index in [4.69, 9.17) is 5.73 Å². The summed E-state index contributed by atoms with van der Waals surface area (Å²) in [6, 6.07) is 0. The van der Waals surface area contributed by atoms with E-state index in [9.17, 15) is 13.2 Å². The van der Waals surface area contributed by atoms with E-state index in [0.29, 0.717) is 5.69 Å². The van der Waals surface area contributed by atoms with Gasteiger partial charge in [-0.25, -0.2) is 13.1 Å². The third-order valence-corrected chi connectivity index (χ3v) is 4.33.